The number of nitrogens with one attached hydrogen (secondary N) is 2. The number of carbonyl (C=O) groups excluding carboxylic acids is 2. The van der Waals surface area contributed by atoms with E-state index in [9.17, 15) is 9.59 Å². The third-order valence-corrected chi connectivity index (χ3v) is 3.88. The third kappa shape index (κ3) is 5.27. The Morgan fingerprint density at radius 2 is 1.74 bits per heavy atom. The predicted octanol–water partition coefficient (Wildman–Crippen LogP) is 3.12. The van der Waals surface area contributed by atoms with E-state index < -0.39 is 11.8 Å². The van der Waals surface area contributed by atoms with E-state index in [2.05, 4.69) is 10.6 Å². The second kappa shape index (κ2) is 9.68. The molecule has 2 rings (SSSR count). The summed E-state index contributed by atoms with van der Waals surface area (Å²) in [7, 11) is 2.94. The van der Waals surface area contributed by atoms with Gasteiger partial charge in [0.25, 0.3) is 5.91 Å². The lowest BCUT2D eigenvalue weighted by Gasteiger charge is -2.14. The summed E-state index contributed by atoms with van der Waals surface area (Å²) in [5.41, 5.74) is 0.731. The number of carbonyl (C=O) groups is 2. The Labute approximate surface area is 162 Å². The molecule has 0 saturated carbocycles. The van der Waals surface area contributed by atoms with Gasteiger partial charge in [0.1, 0.15) is 17.2 Å². The first-order valence-electron chi connectivity index (χ1n) is 8.21. The molecule has 2 aromatic rings. The minimum absolute atomic E-state index is 0.230. The smallest absolute Gasteiger partial charge is 0.255 e. The van der Waals surface area contributed by atoms with Crippen molar-refractivity contribution in [2.45, 2.75) is 6.92 Å². The molecule has 0 bridgehead atoms. The zero-order valence-electron chi connectivity index (χ0n) is 15.3. The van der Waals surface area contributed by atoms with Gasteiger partial charge in [-0.2, -0.15) is 0 Å². The summed E-state index contributed by atoms with van der Waals surface area (Å²) in [6.45, 7) is 2.03. The molecule has 27 heavy (non-hydrogen) atoms. The Balaban J connectivity index is 2.03. The second-order valence-electron chi connectivity index (χ2n) is 5.35. The lowest BCUT2D eigenvalue weighted by molar-refractivity contribution is -0.115. The maximum absolute atomic E-state index is 12.3. The van der Waals surface area contributed by atoms with Crippen LogP contribution in [0.4, 0.5) is 5.69 Å². The van der Waals surface area contributed by atoms with Gasteiger partial charge in [-0.3, -0.25) is 9.59 Å². The third-order valence-electron chi connectivity index (χ3n) is 3.59. The van der Waals surface area contributed by atoms with Crippen LogP contribution in [-0.2, 0) is 4.79 Å². The Hall–Kier alpha value is -2.93. The molecular formula is C19H21ClN2O5. The summed E-state index contributed by atoms with van der Waals surface area (Å²) in [6, 6.07) is 9.90. The number of hydrogen-bond donors (Lipinski definition) is 2. The van der Waals surface area contributed by atoms with Crippen molar-refractivity contribution in [2.75, 3.05) is 32.7 Å². The van der Waals surface area contributed by atoms with E-state index in [1.807, 2.05) is 6.92 Å². The number of halogens is 1. The molecule has 0 aliphatic carbocycles. The number of benzene rings is 2. The summed E-state index contributed by atoms with van der Waals surface area (Å²) in [6.07, 6.45) is 0. The largest absolute Gasteiger partial charge is 0.495 e. The number of para-hydroxylation sites is 1. The molecule has 0 radical (unpaired) electrons. The van der Waals surface area contributed by atoms with Crippen LogP contribution >= 0.6 is 11.6 Å². The average Bonchev–Trinajstić information content (AvgIpc) is 2.67. The Bertz CT molecular complexity index is 826. The van der Waals surface area contributed by atoms with Gasteiger partial charge < -0.3 is 24.8 Å². The summed E-state index contributed by atoms with van der Waals surface area (Å²) < 4.78 is 15.8. The van der Waals surface area contributed by atoms with Crippen LogP contribution < -0.4 is 24.8 Å². The topological polar surface area (TPSA) is 85.9 Å². The van der Waals surface area contributed by atoms with Gasteiger partial charge in [-0.15, -0.1) is 0 Å². The van der Waals surface area contributed by atoms with Crippen molar-refractivity contribution < 1.29 is 23.8 Å². The lowest BCUT2D eigenvalue weighted by atomic mass is 10.2. The number of anilines is 1. The molecule has 7 nitrogen and oxygen atoms in total. The molecule has 0 aliphatic rings. The highest BCUT2D eigenvalue weighted by atomic mass is 35.5. The first kappa shape index (κ1) is 20.4. The first-order valence-corrected chi connectivity index (χ1v) is 8.59. The van der Waals surface area contributed by atoms with Crippen LogP contribution in [0.3, 0.4) is 0 Å². The van der Waals surface area contributed by atoms with Crippen molar-refractivity contribution in [2.24, 2.45) is 0 Å². The van der Waals surface area contributed by atoms with Crippen molar-refractivity contribution in [3.63, 3.8) is 0 Å². The average molecular weight is 393 g/mol. The number of hydrogen-bond acceptors (Lipinski definition) is 5. The molecule has 2 aromatic carbocycles. The number of rotatable bonds is 8. The van der Waals surface area contributed by atoms with E-state index in [1.165, 1.54) is 20.3 Å². The Morgan fingerprint density at radius 1 is 1.04 bits per heavy atom. The fourth-order valence-corrected chi connectivity index (χ4v) is 2.58. The van der Waals surface area contributed by atoms with Crippen molar-refractivity contribution >= 4 is 29.1 Å². The molecule has 2 amide bonds. The van der Waals surface area contributed by atoms with Crippen LogP contribution in [0.2, 0.25) is 5.02 Å². The molecule has 0 atom stereocenters. The van der Waals surface area contributed by atoms with Crippen LogP contribution in [0.1, 0.15) is 17.3 Å². The first-order chi connectivity index (χ1) is 13.0. The van der Waals surface area contributed by atoms with Crippen LogP contribution in [0, 0.1) is 0 Å². The Kier molecular flexibility index (Phi) is 7.31. The molecular weight excluding hydrogens is 372 g/mol. The van der Waals surface area contributed by atoms with Crippen LogP contribution in [0.5, 0.6) is 17.2 Å². The summed E-state index contributed by atoms with van der Waals surface area (Å²) in [4.78, 5) is 24.5. The van der Waals surface area contributed by atoms with Gasteiger partial charge in [-0.1, -0.05) is 23.7 Å². The van der Waals surface area contributed by atoms with Crippen LogP contribution in [-0.4, -0.2) is 39.2 Å². The van der Waals surface area contributed by atoms with Crippen molar-refractivity contribution in [3.8, 4) is 17.2 Å². The molecule has 0 unspecified atom stereocenters. The van der Waals surface area contributed by atoms with Gasteiger partial charge in [0, 0.05) is 6.07 Å². The summed E-state index contributed by atoms with van der Waals surface area (Å²) in [5.74, 6) is 0.428. The molecule has 0 spiro atoms. The summed E-state index contributed by atoms with van der Waals surface area (Å²) >= 11 is 6.08. The normalized spacial score (nSPS) is 10.1. The molecule has 144 valence electrons. The van der Waals surface area contributed by atoms with E-state index in [0.29, 0.717) is 40.1 Å². The van der Waals surface area contributed by atoms with Gasteiger partial charge in [-0.25, -0.2) is 0 Å². The zero-order valence-corrected chi connectivity index (χ0v) is 16.1. The van der Waals surface area contributed by atoms with Crippen molar-refractivity contribution in [1.82, 2.24) is 5.32 Å². The molecule has 0 heterocycles. The maximum atomic E-state index is 12.3. The molecule has 0 aromatic heterocycles. The number of ether oxygens (including phenoxy) is 3. The van der Waals surface area contributed by atoms with Crippen LogP contribution in [0.15, 0.2) is 36.4 Å². The quantitative estimate of drug-likeness (QED) is 0.720. The van der Waals surface area contributed by atoms with E-state index in [1.54, 1.807) is 30.3 Å². The number of amides is 2. The van der Waals surface area contributed by atoms with Gasteiger partial charge >= 0.3 is 0 Å². The van der Waals surface area contributed by atoms with Crippen molar-refractivity contribution in [3.05, 3.63) is 47.0 Å². The zero-order chi connectivity index (χ0) is 19.8. The van der Waals surface area contributed by atoms with Gasteiger partial charge in [0.15, 0.2) is 0 Å². The minimum Gasteiger partial charge on any atom is -0.495 e. The molecule has 0 aliphatic heterocycles. The lowest BCUT2D eigenvalue weighted by Crippen LogP contribution is -2.33. The van der Waals surface area contributed by atoms with Gasteiger partial charge in [-0.05, 0) is 25.1 Å². The molecule has 8 heteroatoms. The highest BCUT2D eigenvalue weighted by Crippen LogP contribution is 2.35. The SMILES string of the molecule is CCOc1ccccc1C(=O)NCC(=O)Nc1cc(Cl)c(OC)cc1OC. The van der Waals surface area contributed by atoms with Crippen LogP contribution in [0.25, 0.3) is 0 Å². The summed E-state index contributed by atoms with van der Waals surface area (Å²) in [5, 5.41) is 5.54. The van der Waals surface area contributed by atoms with E-state index in [0.717, 1.165) is 0 Å². The fraction of sp³-hybridized carbons (Fsp3) is 0.263. The maximum Gasteiger partial charge on any atom is 0.255 e. The molecule has 2 N–H and O–H groups in total. The van der Waals surface area contributed by atoms with Gasteiger partial charge in [0.05, 0.1) is 43.6 Å². The minimum atomic E-state index is -0.434. The predicted molar refractivity (Wildman–Crippen MR) is 103 cm³/mol. The van der Waals surface area contributed by atoms with Crippen molar-refractivity contribution in [1.29, 1.82) is 0 Å². The van der Waals surface area contributed by atoms with E-state index in [4.69, 9.17) is 25.8 Å². The Morgan fingerprint density at radius 3 is 2.41 bits per heavy atom. The molecule has 0 fully saturated rings. The highest BCUT2D eigenvalue weighted by Gasteiger charge is 2.15. The fourth-order valence-electron chi connectivity index (χ4n) is 2.34. The molecule has 0 saturated heterocycles. The second-order valence-corrected chi connectivity index (χ2v) is 5.75. The van der Waals surface area contributed by atoms with E-state index in [-0.39, 0.29) is 6.54 Å². The highest BCUT2D eigenvalue weighted by molar-refractivity contribution is 6.32. The van der Waals surface area contributed by atoms with E-state index >= 15 is 0 Å². The van der Waals surface area contributed by atoms with Gasteiger partial charge in [0.2, 0.25) is 5.91 Å². The monoisotopic (exact) mass is 392 g/mol. The standard InChI is InChI=1S/C19H21ClN2O5/c1-4-27-15-8-6-5-7-12(15)19(24)21-11-18(23)22-14-9-13(20)16(25-2)10-17(14)26-3/h5-10H,4,11H2,1-3H3,(H,21,24)(H,22,23). The number of methoxy groups -OCH3 is 2.